The molecule has 0 unspecified atom stereocenters. The van der Waals surface area contributed by atoms with E-state index in [9.17, 15) is 16.8 Å². The van der Waals surface area contributed by atoms with Crippen LogP contribution in [0.25, 0.3) is 0 Å². The molecule has 0 amide bonds. The van der Waals surface area contributed by atoms with Gasteiger partial charge in [-0.3, -0.25) is 0 Å². The van der Waals surface area contributed by atoms with Crippen LogP contribution in [-0.2, 0) is 24.8 Å². The van der Waals surface area contributed by atoms with Gasteiger partial charge in [-0.2, -0.15) is 0 Å². The third-order valence-electron chi connectivity index (χ3n) is 2.29. The summed E-state index contributed by atoms with van der Waals surface area (Å²) < 4.78 is 53.7. The largest absolute Gasteiger partial charge is 0.385 e. The van der Waals surface area contributed by atoms with Gasteiger partial charge in [-0.15, -0.1) is 0 Å². The highest BCUT2D eigenvalue weighted by molar-refractivity contribution is 7.89. The molecule has 0 atom stereocenters. The summed E-state index contributed by atoms with van der Waals surface area (Å²) in [5.41, 5.74) is 0. The molecule has 110 valence electrons. The monoisotopic (exact) mass is 302 g/mol. The molecule has 0 aromatic heterocycles. The van der Waals surface area contributed by atoms with Gasteiger partial charge in [-0.1, -0.05) is 0 Å². The Morgan fingerprint density at radius 3 is 2.22 bits per heavy atom. The molecule has 0 aliphatic carbocycles. The molecule has 0 aliphatic rings. The first-order valence-corrected chi connectivity index (χ1v) is 9.14. The van der Waals surface area contributed by atoms with Crippen LogP contribution in [0.2, 0.25) is 0 Å². The number of sulfonamides is 2. The SMILES string of the molecule is CCS(=O)(=O)NCCN(CCCOC)S(C)(=O)=O. The molecule has 0 heterocycles. The van der Waals surface area contributed by atoms with Crippen molar-refractivity contribution in [2.24, 2.45) is 0 Å². The van der Waals surface area contributed by atoms with Gasteiger partial charge in [0.05, 0.1) is 12.0 Å². The van der Waals surface area contributed by atoms with Gasteiger partial charge in [0.25, 0.3) is 0 Å². The summed E-state index contributed by atoms with van der Waals surface area (Å²) in [5.74, 6) is -0.0183. The van der Waals surface area contributed by atoms with Crippen molar-refractivity contribution in [2.75, 3.05) is 45.4 Å². The molecule has 0 saturated carbocycles. The Kier molecular flexibility index (Phi) is 7.95. The Morgan fingerprint density at radius 2 is 1.78 bits per heavy atom. The summed E-state index contributed by atoms with van der Waals surface area (Å²) in [6.45, 7) is 2.51. The van der Waals surface area contributed by atoms with E-state index in [1.165, 1.54) is 11.2 Å². The smallest absolute Gasteiger partial charge is 0.211 e. The van der Waals surface area contributed by atoms with Crippen LogP contribution in [0.5, 0.6) is 0 Å². The number of methoxy groups -OCH3 is 1. The van der Waals surface area contributed by atoms with Gasteiger partial charge in [0.2, 0.25) is 20.0 Å². The van der Waals surface area contributed by atoms with E-state index in [0.717, 1.165) is 6.26 Å². The maximum Gasteiger partial charge on any atom is 0.211 e. The Hall–Kier alpha value is -0.220. The standard InChI is InChI=1S/C9H22N2O5S2/c1-4-18(14,15)10-6-8-11(17(3,12)13)7-5-9-16-2/h10H,4-9H2,1-3H3. The lowest BCUT2D eigenvalue weighted by molar-refractivity contribution is 0.187. The van der Waals surface area contributed by atoms with Crippen molar-refractivity contribution in [2.45, 2.75) is 13.3 Å². The summed E-state index contributed by atoms with van der Waals surface area (Å²) in [5, 5.41) is 0. The molecule has 9 heteroatoms. The molecule has 0 rings (SSSR count). The van der Waals surface area contributed by atoms with Crippen LogP contribution in [0.4, 0.5) is 0 Å². The molecule has 0 spiro atoms. The highest BCUT2D eigenvalue weighted by atomic mass is 32.2. The maximum atomic E-state index is 11.5. The minimum Gasteiger partial charge on any atom is -0.385 e. The number of nitrogens with one attached hydrogen (secondary N) is 1. The molecule has 0 bridgehead atoms. The molecule has 0 aromatic rings. The zero-order valence-corrected chi connectivity index (χ0v) is 12.7. The Morgan fingerprint density at radius 1 is 1.17 bits per heavy atom. The molecular weight excluding hydrogens is 280 g/mol. The van der Waals surface area contributed by atoms with Crippen LogP contribution in [-0.4, -0.2) is 66.5 Å². The van der Waals surface area contributed by atoms with Crippen LogP contribution >= 0.6 is 0 Å². The van der Waals surface area contributed by atoms with Gasteiger partial charge in [0, 0.05) is 33.4 Å². The van der Waals surface area contributed by atoms with E-state index >= 15 is 0 Å². The molecule has 0 saturated heterocycles. The fourth-order valence-electron chi connectivity index (χ4n) is 1.26. The van der Waals surface area contributed by atoms with Crippen molar-refractivity contribution < 1.29 is 21.6 Å². The first-order chi connectivity index (χ1) is 8.23. The van der Waals surface area contributed by atoms with Gasteiger partial charge in [-0.25, -0.2) is 25.9 Å². The molecule has 0 aliphatic heterocycles. The molecular formula is C9H22N2O5S2. The summed E-state index contributed by atoms with van der Waals surface area (Å²) in [6, 6.07) is 0. The average molecular weight is 302 g/mol. The van der Waals surface area contributed by atoms with E-state index in [1.807, 2.05) is 0 Å². The van der Waals surface area contributed by atoms with Crippen molar-refractivity contribution in [1.29, 1.82) is 0 Å². The van der Waals surface area contributed by atoms with E-state index in [1.54, 1.807) is 7.11 Å². The van der Waals surface area contributed by atoms with E-state index in [-0.39, 0.29) is 18.8 Å². The minimum atomic E-state index is -3.33. The number of hydrogen-bond donors (Lipinski definition) is 1. The van der Waals surface area contributed by atoms with Gasteiger partial charge in [0.15, 0.2) is 0 Å². The fraction of sp³-hybridized carbons (Fsp3) is 1.00. The highest BCUT2D eigenvalue weighted by Gasteiger charge is 2.16. The molecule has 18 heavy (non-hydrogen) atoms. The van der Waals surface area contributed by atoms with Crippen molar-refractivity contribution in [3.8, 4) is 0 Å². The van der Waals surface area contributed by atoms with Crippen molar-refractivity contribution >= 4 is 20.0 Å². The molecule has 0 aromatic carbocycles. The van der Waals surface area contributed by atoms with Gasteiger partial charge >= 0.3 is 0 Å². The number of ether oxygens (including phenoxy) is 1. The van der Waals surface area contributed by atoms with Crippen LogP contribution in [0, 0.1) is 0 Å². The van der Waals surface area contributed by atoms with Crippen molar-refractivity contribution in [3.05, 3.63) is 0 Å². The first kappa shape index (κ1) is 17.8. The van der Waals surface area contributed by atoms with Crippen molar-refractivity contribution in [3.63, 3.8) is 0 Å². The third kappa shape index (κ3) is 7.98. The van der Waals surface area contributed by atoms with E-state index in [0.29, 0.717) is 19.6 Å². The lowest BCUT2D eigenvalue weighted by Crippen LogP contribution is -2.39. The molecule has 0 radical (unpaired) electrons. The molecule has 1 N–H and O–H groups in total. The lowest BCUT2D eigenvalue weighted by Gasteiger charge is -2.19. The zero-order valence-electron chi connectivity index (χ0n) is 11.0. The van der Waals surface area contributed by atoms with E-state index < -0.39 is 20.0 Å². The average Bonchev–Trinajstić information content (AvgIpc) is 2.26. The lowest BCUT2D eigenvalue weighted by atomic mass is 10.4. The van der Waals surface area contributed by atoms with E-state index in [4.69, 9.17) is 4.74 Å². The van der Waals surface area contributed by atoms with Crippen molar-refractivity contribution in [1.82, 2.24) is 9.03 Å². The normalized spacial score (nSPS) is 13.1. The third-order valence-corrected chi connectivity index (χ3v) is 5.00. The number of hydrogen-bond acceptors (Lipinski definition) is 5. The number of nitrogens with zero attached hydrogens (tertiary/aromatic N) is 1. The Balaban J connectivity index is 4.27. The predicted molar refractivity (Wildman–Crippen MR) is 70.4 cm³/mol. The quantitative estimate of drug-likeness (QED) is 0.535. The number of rotatable bonds is 10. The van der Waals surface area contributed by atoms with Crippen LogP contribution in [0.15, 0.2) is 0 Å². The molecule has 7 nitrogen and oxygen atoms in total. The minimum absolute atomic E-state index is 0.0183. The van der Waals surface area contributed by atoms with Gasteiger partial charge in [-0.05, 0) is 13.3 Å². The van der Waals surface area contributed by atoms with Crippen LogP contribution in [0.3, 0.4) is 0 Å². The van der Waals surface area contributed by atoms with Crippen LogP contribution in [0.1, 0.15) is 13.3 Å². The van der Waals surface area contributed by atoms with Gasteiger partial charge in [0.1, 0.15) is 0 Å². The van der Waals surface area contributed by atoms with E-state index in [2.05, 4.69) is 4.72 Å². The maximum absolute atomic E-state index is 11.5. The highest BCUT2D eigenvalue weighted by Crippen LogP contribution is 1.99. The second-order valence-corrected chi connectivity index (χ2v) is 7.88. The zero-order chi connectivity index (χ0) is 14.2. The summed E-state index contributed by atoms with van der Waals surface area (Å²) in [6.07, 6.45) is 1.68. The summed E-state index contributed by atoms with van der Waals surface area (Å²) in [7, 11) is -5.07. The second kappa shape index (κ2) is 8.05. The summed E-state index contributed by atoms with van der Waals surface area (Å²) in [4.78, 5) is 0. The summed E-state index contributed by atoms with van der Waals surface area (Å²) >= 11 is 0. The Bertz CT molecular complexity index is 418. The first-order valence-electron chi connectivity index (χ1n) is 5.64. The topological polar surface area (TPSA) is 92.8 Å². The predicted octanol–water partition coefficient (Wildman–Crippen LogP) is -0.776. The van der Waals surface area contributed by atoms with Gasteiger partial charge < -0.3 is 4.74 Å². The Labute approximate surface area is 110 Å². The second-order valence-electron chi connectivity index (χ2n) is 3.81. The molecule has 0 fully saturated rings. The van der Waals surface area contributed by atoms with Crippen LogP contribution < -0.4 is 4.72 Å². The fourth-order valence-corrected chi connectivity index (χ4v) is 2.75.